The van der Waals surface area contributed by atoms with Crippen LogP contribution < -0.4 is 15.4 Å². The van der Waals surface area contributed by atoms with Crippen LogP contribution in [0.3, 0.4) is 0 Å². The molecule has 3 rings (SSSR count). The Balaban J connectivity index is 1.72. The summed E-state index contributed by atoms with van der Waals surface area (Å²) in [5, 5.41) is 6.62. The Labute approximate surface area is 156 Å². The zero-order valence-electron chi connectivity index (χ0n) is 14.4. The van der Waals surface area contributed by atoms with E-state index in [0.29, 0.717) is 34.7 Å². The molecular weight excluding hydrogens is 354 g/mol. The fourth-order valence-electron chi connectivity index (χ4n) is 2.44. The maximum Gasteiger partial charge on any atom is 0.221 e. The number of nitrogens with one attached hydrogen (secondary N) is 2. The molecule has 1 heterocycles. The third-order valence-corrected chi connectivity index (χ3v) is 3.88. The lowest BCUT2D eigenvalue weighted by Gasteiger charge is -2.12. The van der Waals surface area contributed by atoms with Crippen molar-refractivity contribution in [2.45, 2.75) is 13.5 Å². The first-order valence-corrected chi connectivity index (χ1v) is 8.33. The number of hydrogen-bond donors (Lipinski definition) is 2. The number of nitrogens with zero attached hydrogens (tertiary/aromatic N) is 1. The normalized spacial score (nSPS) is 10.4. The van der Waals surface area contributed by atoms with E-state index in [2.05, 4.69) is 15.6 Å². The van der Waals surface area contributed by atoms with Gasteiger partial charge < -0.3 is 19.8 Å². The van der Waals surface area contributed by atoms with Gasteiger partial charge in [0.15, 0.2) is 5.76 Å². The number of carbonyl (C=O) groups is 1. The molecule has 26 heavy (non-hydrogen) atoms. The molecule has 2 N–H and O–H groups in total. The first kappa shape index (κ1) is 17.8. The highest BCUT2D eigenvalue weighted by Gasteiger charge is 2.09. The standard InChI is InChI=1S/C19H18ClN3O3/c1-12(24)23-15-7-8-17(25-2)16(9-15)21-11-19-22-10-18(26-19)13-3-5-14(20)6-4-13/h3-10,21H,11H2,1-2H3,(H,23,24). The van der Waals surface area contributed by atoms with Crippen molar-refractivity contribution in [2.75, 3.05) is 17.7 Å². The number of amides is 1. The topological polar surface area (TPSA) is 76.4 Å². The maximum absolute atomic E-state index is 11.2. The van der Waals surface area contributed by atoms with Gasteiger partial charge in [0.25, 0.3) is 0 Å². The Bertz CT molecular complexity index is 907. The van der Waals surface area contributed by atoms with Gasteiger partial charge in [-0.2, -0.15) is 0 Å². The number of anilines is 2. The fourth-order valence-corrected chi connectivity index (χ4v) is 2.56. The zero-order chi connectivity index (χ0) is 18.5. The van der Waals surface area contributed by atoms with E-state index < -0.39 is 0 Å². The molecule has 0 unspecified atom stereocenters. The van der Waals surface area contributed by atoms with Gasteiger partial charge in [-0.05, 0) is 42.5 Å². The molecule has 0 aliphatic rings. The Morgan fingerprint density at radius 2 is 2.00 bits per heavy atom. The van der Waals surface area contributed by atoms with Gasteiger partial charge in [-0.15, -0.1) is 0 Å². The molecule has 2 aromatic carbocycles. The van der Waals surface area contributed by atoms with E-state index in [9.17, 15) is 4.79 Å². The average Bonchev–Trinajstić information content (AvgIpc) is 3.09. The molecule has 6 nitrogen and oxygen atoms in total. The van der Waals surface area contributed by atoms with E-state index >= 15 is 0 Å². The van der Waals surface area contributed by atoms with Crippen LogP contribution in [0.1, 0.15) is 12.8 Å². The zero-order valence-corrected chi connectivity index (χ0v) is 15.1. The van der Waals surface area contributed by atoms with Gasteiger partial charge >= 0.3 is 0 Å². The van der Waals surface area contributed by atoms with Gasteiger partial charge in [0, 0.05) is 23.2 Å². The van der Waals surface area contributed by atoms with Crippen LogP contribution in [0.15, 0.2) is 53.1 Å². The lowest BCUT2D eigenvalue weighted by atomic mass is 10.2. The van der Waals surface area contributed by atoms with Crippen molar-refractivity contribution in [3.05, 3.63) is 59.6 Å². The van der Waals surface area contributed by atoms with Crippen LogP contribution in [-0.2, 0) is 11.3 Å². The number of methoxy groups -OCH3 is 1. The summed E-state index contributed by atoms with van der Waals surface area (Å²) < 4.78 is 11.1. The van der Waals surface area contributed by atoms with Crippen LogP contribution in [0.25, 0.3) is 11.3 Å². The average molecular weight is 372 g/mol. The second-order valence-electron chi connectivity index (χ2n) is 5.57. The molecule has 0 saturated heterocycles. The first-order valence-electron chi connectivity index (χ1n) is 7.95. The third kappa shape index (κ3) is 4.34. The lowest BCUT2D eigenvalue weighted by molar-refractivity contribution is -0.114. The number of carbonyl (C=O) groups excluding carboxylic acids is 1. The van der Waals surface area contributed by atoms with E-state index in [4.69, 9.17) is 20.8 Å². The monoisotopic (exact) mass is 371 g/mol. The minimum absolute atomic E-state index is 0.138. The Hall–Kier alpha value is -2.99. The molecule has 0 spiro atoms. The highest BCUT2D eigenvalue weighted by molar-refractivity contribution is 6.30. The fraction of sp³-hybridized carbons (Fsp3) is 0.158. The highest BCUT2D eigenvalue weighted by atomic mass is 35.5. The SMILES string of the molecule is COc1ccc(NC(C)=O)cc1NCc1ncc(-c2ccc(Cl)cc2)o1. The van der Waals surface area contributed by atoms with E-state index in [0.717, 1.165) is 11.3 Å². The summed E-state index contributed by atoms with van der Waals surface area (Å²) in [4.78, 5) is 15.5. The molecule has 7 heteroatoms. The molecule has 0 aliphatic heterocycles. The van der Waals surface area contributed by atoms with E-state index in [1.807, 2.05) is 12.1 Å². The molecule has 3 aromatic rings. The molecule has 0 aliphatic carbocycles. The number of ether oxygens (including phenoxy) is 1. The minimum Gasteiger partial charge on any atom is -0.495 e. The number of oxazole rings is 1. The predicted molar refractivity (Wildman–Crippen MR) is 102 cm³/mol. The summed E-state index contributed by atoms with van der Waals surface area (Å²) in [5.41, 5.74) is 2.30. The van der Waals surface area contributed by atoms with Crippen LogP contribution in [-0.4, -0.2) is 18.0 Å². The Kier molecular flexibility index (Phi) is 5.43. The molecular formula is C19H18ClN3O3. The number of hydrogen-bond acceptors (Lipinski definition) is 5. The third-order valence-electron chi connectivity index (χ3n) is 3.63. The van der Waals surface area contributed by atoms with E-state index in [1.165, 1.54) is 6.92 Å². The van der Waals surface area contributed by atoms with Crippen LogP contribution in [0, 0.1) is 0 Å². The quantitative estimate of drug-likeness (QED) is 0.663. The van der Waals surface area contributed by atoms with Crippen LogP contribution in [0.5, 0.6) is 5.75 Å². The summed E-state index contributed by atoms with van der Waals surface area (Å²) in [7, 11) is 1.59. The second kappa shape index (κ2) is 7.93. The lowest BCUT2D eigenvalue weighted by Crippen LogP contribution is -2.07. The molecule has 1 aromatic heterocycles. The predicted octanol–water partition coefficient (Wildman–Crippen LogP) is 4.57. The first-order chi connectivity index (χ1) is 12.5. The van der Waals surface area contributed by atoms with Crippen LogP contribution in [0.4, 0.5) is 11.4 Å². The van der Waals surface area contributed by atoms with Gasteiger partial charge in [-0.3, -0.25) is 4.79 Å². The number of halogens is 1. The number of rotatable bonds is 6. The van der Waals surface area contributed by atoms with E-state index in [1.54, 1.807) is 43.6 Å². The van der Waals surface area contributed by atoms with Crippen LogP contribution in [0.2, 0.25) is 5.02 Å². The summed E-state index contributed by atoms with van der Waals surface area (Å²) in [6.45, 7) is 1.83. The maximum atomic E-state index is 11.2. The van der Waals surface area contributed by atoms with Crippen molar-refractivity contribution in [3.8, 4) is 17.1 Å². The van der Waals surface area contributed by atoms with Gasteiger partial charge in [-0.25, -0.2) is 4.98 Å². The molecule has 0 fully saturated rings. The minimum atomic E-state index is -0.138. The number of benzene rings is 2. The molecule has 0 radical (unpaired) electrons. The summed E-state index contributed by atoms with van der Waals surface area (Å²) in [6.07, 6.45) is 1.67. The van der Waals surface area contributed by atoms with Crippen LogP contribution >= 0.6 is 11.6 Å². The molecule has 0 atom stereocenters. The summed E-state index contributed by atoms with van der Waals surface area (Å²) in [5.74, 6) is 1.71. The van der Waals surface area contributed by atoms with Crippen molar-refractivity contribution in [1.82, 2.24) is 4.98 Å². The smallest absolute Gasteiger partial charge is 0.221 e. The summed E-state index contributed by atoms with van der Waals surface area (Å²) >= 11 is 5.90. The molecule has 0 saturated carbocycles. The van der Waals surface area contributed by atoms with Gasteiger partial charge in [0.1, 0.15) is 5.75 Å². The molecule has 134 valence electrons. The molecule has 1 amide bonds. The van der Waals surface area contributed by atoms with Crippen molar-refractivity contribution < 1.29 is 13.9 Å². The number of aromatic nitrogens is 1. The summed E-state index contributed by atoms with van der Waals surface area (Å²) in [6, 6.07) is 12.7. The van der Waals surface area contributed by atoms with Gasteiger partial charge in [-0.1, -0.05) is 11.6 Å². The van der Waals surface area contributed by atoms with Crippen molar-refractivity contribution in [1.29, 1.82) is 0 Å². The van der Waals surface area contributed by atoms with Crippen molar-refractivity contribution in [2.24, 2.45) is 0 Å². The van der Waals surface area contributed by atoms with Gasteiger partial charge in [0.2, 0.25) is 11.8 Å². The molecule has 0 bridgehead atoms. The second-order valence-corrected chi connectivity index (χ2v) is 6.01. The highest BCUT2D eigenvalue weighted by Crippen LogP contribution is 2.29. The largest absolute Gasteiger partial charge is 0.495 e. The van der Waals surface area contributed by atoms with Crippen molar-refractivity contribution >= 4 is 28.9 Å². The van der Waals surface area contributed by atoms with E-state index in [-0.39, 0.29) is 5.91 Å². The Morgan fingerprint density at radius 1 is 1.23 bits per heavy atom. The van der Waals surface area contributed by atoms with Crippen molar-refractivity contribution in [3.63, 3.8) is 0 Å². The Morgan fingerprint density at radius 3 is 2.69 bits per heavy atom. The van der Waals surface area contributed by atoms with Gasteiger partial charge in [0.05, 0.1) is 25.5 Å².